The molecule has 0 unspecified atom stereocenters. The maximum absolute atomic E-state index is 11.2. The second kappa shape index (κ2) is 14.6. The lowest BCUT2D eigenvalue weighted by Crippen LogP contribution is -2.11. The lowest BCUT2D eigenvalue weighted by atomic mass is 10.1. The summed E-state index contributed by atoms with van der Waals surface area (Å²) in [6.07, 6.45) is 8.49. The Morgan fingerprint density at radius 2 is 1.33 bits per heavy atom. The van der Waals surface area contributed by atoms with Crippen LogP contribution >= 0.6 is 23.5 Å². The number of hydrogen-bond acceptors (Lipinski definition) is 6. The van der Waals surface area contributed by atoms with Crippen LogP contribution in [0.3, 0.4) is 0 Å². The maximum Gasteiger partial charge on any atom is 0.315 e. The van der Waals surface area contributed by atoms with E-state index in [9.17, 15) is 9.59 Å². The second-order valence-corrected chi connectivity index (χ2v) is 7.44. The van der Waals surface area contributed by atoms with Gasteiger partial charge in [-0.15, -0.1) is 23.5 Å². The smallest absolute Gasteiger partial charge is 0.315 e. The van der Waals surface area contributed by atoms with Gasteiger partial charge >= 0.3 is 11.9 Å². The fourth-order valence-corrected chi connectivity index (χ4v) is 4.09. The van der Waals surface area contributed by atoms with Crippen LogP contribution in [-0.2, 0) is 19.1 Å². The molecule has 0 aliphatic rings. The number of rotatable bonds is 13. The summed E-state index contributed by atoms with van der Waals surface area (Å²) in [4.78, 5) is 22.4. The average Bonchev–Trinajstić information content (AvgIpc) is 2.51. The number of unbranched alkanes of at least 4 members (excludes halogenated alkanes) is 5. The quantitative estimate of drug-likeness (QED) is 0.289. The number of esters is 2. The van der Waals surface area contributed by atoms with Crippen LogP contribution in [0.1, 0.15) is 51.9 Å². The minimum Gasteiger partial charge on any atom is -0.468 e. The number of methoxy groups -OCH3 is 2. The van der Waals surface area contributed by atoms with Gasteiger partial charge in [0, 0.05) is 0 Å². The normalized spacial score (nSPS) is 10.7. The summed E-state index contributed by atoms with van der Waals surface area (Å²) >= 11 is 3.11. The van der Waals surface area contributed by atoms with E-state index in [1.807, 2.05) is 0 Å². The minimum atomic E-state index is -0.216. The van der Waals surface area contributed by atoms with Crippen molar-refractivity contribution in [2.24, 2.45) is 0 Å². The molecule has 0 heterocycles. The van der Waals surface area contributed by atoms with Crippen LogP contribution in [0, 0.1) is 0 Å². The molecule has 0 aliphatic carbocycles. The summed E-state index contributed by atoms with van der Waals surface area (Å²) in [5.74, 6) is 0.245. The minimum absolute atomic E-state index is 0.216. The highest BCUT2D eigenvalue weighted by molar-refractivity contribution is 8.17. The van der Waals surface area contributed by atoms with Crippen molar-refractivity contribution in [2.45, 2.75) is 56.5 Å². The molecule has 0 aliphatic heterocycles. The number of carbonyl (C=O) groups excluding carboxylic acids is 2. The highest BCUT2D eigenvalue weighted by atomic mass is 32.2. The predicted octanol–water partition coefficient (Wildman–Crippen LogP) is 3.88. The molecule has 0 fully saturated rings. The van der Waals surface area contributed by atoms with Crippen LogP contribution in [0.15, 0.2) is 0 Å². The van der Waals surface area contributed by atoms with Crippen LogP contribution in [0.25, 0.3) is 0 Å². The van der Waals surface area contributed by atoms with Crippen LogP contribution < -0.4 is 0 Å². The van der Waals surface area contributed by atoms with Gasteiger partial charge in [-0.2, -0.15) is 0 Å². The largest absolute Gasteiger partial charge is 0.468 e. The molecule has 0 amide bonds. The van der Waals surface area contributed by atoms with Gasteiger partial charge in [-0.1, -0.05) is 45.4 Å². The summed E-state index contributed by atoms with van der Waals surface area (Å²) in [5, 5.41) is 0. The molecule has 0 atom stereocenters. The van der Waals surface area contributed by atoms with E-state index < -0.39 is 0 Å². The monoisotopic (exact) mass is 336 g/mol. The summed E-state index contributed by atoms with van der Waals surface area (Å²) < 4.78 is 9.56. The third-order valence-electron chi connectivity index (χ3n) is 3.02. The SMILES string of the molecule is CCCCCCCCC(SCC(=O)OC)SCC(=O)OC. The summed E-state index contributed by atoms with van der Waals surface area (Å²) in [7, 11) is 2.79. The molecule has 0 N–H and O–H groups in total. The van der Waals surface area contributed by atoms with Crippen LogP contribution in [0.5, 0.6) is 0 Å². The van der Waals surface area contributed by atoms with Crippen LogP contribution in [0.4, 0.5) is 0 Å². The first-order chi connectivity index (χ1) is 10.1. The van der Waals surface area contributed by atoms with Gasteiger partial charge in [-0.05, 0) is 6.42 Å². The molecule has 0 rings (SSSR count). The molecule has 4 nitrogen and oxygen atoms in total. The maximum atomic E-state index is 11.2. The summed E-state index contributed by atoms with van der Waals surface area (Å²) in [6.45, 7) is 2.21. The molecule has 0 radical (unpaired) electrons. The van der Waals surface area contributed by atoms with Gasteiger partial charge in [0.05, 0.1) is 30.3 Å². The van der Waals surface area contributed by atoms with Gasteiger partial charge < -0.3 is 9.47 Å². The molecule has 21 heavy (non-hydrogen) atoms. The van der Waals surface area contributed by atoms with Crippen molar-refractivity contribution in [1.82, 2.24) is 0 Å². The van der Waals surface area contributed by atoms with Gasteiger partial charge in [-0.25, -0.2) is 0 Å². The van der Waals surface area contributed by atoms with E-state index in [1.165, 1.54) is 46.3 Å². The third-order valence-corrected chi connectivity index (χ3v) is 5.86. The number of carbonyl (C=O) groups is 2. The van der Waals surface area contributed by atoms with Crippen molar-refractivity contribution in [3.8, 4) is 0 Å². The van der Waals surface area contributed by atoms with Crippen molar-refractivity contribution in [2.75, 3.05) is 25.7 Å². The molecule has 0 bridgehead atoms. The van der Waals surface area contributed by atoms with Crippen molar-refractivity contribution in [1.29, 1.82) is 0 Å². The molecular weight excluding hydrogens is 308 g/mol. The third kappa shape index (κ3) is 13.1. The van der Waals surface area contributed by atoms with Gasteiger partial charge in [0.25, 0.3) is 0 Å². The first kappa shape index (κ1) is 20.6. The molecule has 0 aromatic heterocycles. The molecule has 0 aromatic carbocycles. The molecule has 0 saturated carbocycles. The van der Waals surface area contributed by atoms with Crippen molar-refractivity contribution < 1.29 is 19.1 Å². The van der Waals surface area contributed by atoms with E-state index in [0.717, 1.165) is 12.8 Å². The zero-order valence-electron chi connectivity index (χ0n) is 13.4. The van der Waals surface area contributed by atoms with Crippen molar-refractivity contribution in [3.63, 3.8) is 0 Å². The Hall–Kier alpha value is -0.360. The number of hydrogen-bond donors (Lipinski definition) is 0. The number of ether oxygens (including phenoxy) is 2. The average molecular weight is 337 g/mol. The van der Waals surface area contributed by atoms with Crippen LogP contribution in [-0.4, -0.2) is 42.2 Å². The van der Waals surface area contributed by atoms with E-state index in [-0.39, 0.29) is 16.5 Å². The zero-order valence-corrected chi connectivity index (χ0v) is 15.0. The van der Waals surface area contributed by atoms with Gasteiger partial charge in [0.15, 0.2) is 0 Å². The zero-order chi connectivity index (χ0) is 15.9. The number of thioether (sulfide) groups is 2. The Kier molecular flexibility index (Phi) is 14.3. The van der Waals surface area contributed by atoms with Gasteiger partial charge in [0.2, 0.25) is 0 Å². The first-order valence-corrected chi connectivity index (χ1v) is 9.60. The topological polar surface area (TPSA) is 52.6 Å². The molecule has 6 heteroatoms. The van der Waals surface area contributed by atoms with Crippen molar-refractivity contribution in [3.05, 3.63) is 0 Å². The first-order valence-electron chi connectivity index (χ1n) is 7.50. The summed E-state index contributed by atoms with van der Waals surface area (Å²) in [5.41, 5.74) is 0. The Morgan fingerprint density at radius 1 is 0.857 bits per heavy atom. The molecule has 124 valence electrons. The predicted molar refractivity (Wildman–Crippen MR) is 90.7 cm³/mol. The van der Waals surface area contributed by atoms with E-state index in [1.54, 1.807) is 23.5 Å². The Labute approximate surface area is 137 Å². The fourth-order valence-electron chi connectivity index (χ4n) is 1.75. The Bertz CT molecular complexity index is 265. The lowest BCUT2D eigenvalue weighted by Gasteiger charge is -2.15. The van der Waals surface area contributed by atoms with E-state index in [4.69, 9.17) is 0 Å². The van der Waals surface area contributed by atoms with Gasteiger partial charge in [0.1, 0.15) is 0 Å². The molecule has 0 aromatic rings. The van der Waals surface area contributed by atoms with Crippen molar-refractivity contribution >= 4 is 35.5 Å². The summed E-state index contributed by atoms with van der Waals surface area (Å²) in [6, 6.07) is 0. The Morgan fingerprint density at radius 3 is 1.81 bits per heavy atom. The molecule has 0 spiro atoms. The Balaban J connectivity index is 3.93. The highest BCUT2D eigenvalue weighted by Crippen LogP contribution is 2.29. The highest BCUT2D eigenvalue weighted by Gasteiger charge is 2.14. The van der Waals surface area contributed by atoms with Gasteiger partial charge in [-0.3, -0.25) is 9.59 Å². The second-order valence-electron chi connectivity index (χ2n) is 4.76. The van der Waals surface area contributed by atoms with Crippen LogP contribution in [0.2, 0.25) is 0 Å². The van der Waals surface area contributed by atoms with E-state index in [2.05, 4.69) is 16.4 Å². The fraction of sp³-hybridized carbons (Fsp3) is 0.867. The lowest BCUT2D eigenvalue weighted by molar-refractivity contribution is -0.138. The van der Waals surface area contributed by atoms with E-state index in [0.29, 0.717) is 11.5 Å². The molecule has 0 saturated heterocycles. The standard InChI is InChI=1S/C15H28O4S2/c1-4-5-6-7-8-9-10-15(20-11-13(16)18-2)21-12-14(17)19-3/h15H,4-12H2,1-3H3. The molecular formula is C15H28O4S2. The van der Waals surface area contributed by atoms with E-state index >= 15 is 0 Å².